The Morgan fingerprint density at radius 1 is 1.33 bits per heavy atom. The lowest BCUT2D eigenvalue weighted by atomic mass is 10.3. The van der Waals surface area contributed by atoms with Crippen molar-refractivity contribution in [3.05, 3.63) is 24.3 Å². The zero-order valence-corrected chi connectivity index (χ0v) is 4.92. The topological polar surface area (TPSA) is 21.3 Å². The maximum atomic E-state index is 5.19. The Labute approximate surface area is 53.5 Å². The van der Waals surface area contributed by atoms with Crippen LogP contribution in [0.25, 0.3) is 0 Å². The fraction of sp³-hybridized carbons (Fsp3) is 0.143. The molecule has 0 bridgehead atoms. The maximum Gasteiger partial charge on any atom is 0.159 e. The molecule has 0 fully saturated rings. The van der Waals surface area contributed by atoms with Crippen molar-refractivity contribution in [3.63, 3.8) is 0 Å². The summed E-state index contributed by atoms with van der Waals surface area (Å²) in [6, 6.07) is 7.91. The summed E-state index contributed by atoms with van der Waals surface area (Å²) in [5.41, 5.74) is 1.09. The van der Waals surface area contributed by atoms with Gasteiger partial charge in [-0.25, -0.2) is 0 Å². The third-order valence-electron chi connectivity index (χ3n) is 1.38. The minimum absolute atomic E-state index is 0.610. The monoisotopic (exact) mass is 121 g/mol. The molecule has 2 rings (SSSR count). The number of hydrogen-bond acceptors (Lipinski definition) is 2. The zero-order chi connectivity index (χ0) is 6.10. The fourth-order valence-corrected chi connectivity index (χ4v) is 0.930. The van der Waals surface area contributed by atoms with Gasteiger partial charge in [0.15, 0.2) is 6.73 Å². The second-order valence-corrected chi connectivity index (χ2v) is 1.96. The first-order valence-electron chi connectivity index (χ1n) is 2.92. The Morgan fingerprint density at radius 3 is 3.11 bits per heavy atom. The molecule has 1 aromatic carbocycles. The number of rotatable bonds is 0. The van der Waals surface area contributed by atoms with Crippen molar-refractivity contribution in [1.82, 2.24) is 0 Å². The van der Waals surface area contributed by atoms with Crippen LogP contribution in [0.3, 0.4) is 0 Å². The summed E-state index contributed by atoms with van der Waals surface area (Å²) in [5, 5.41) is 3.08. The second-order valence-electron chi connectivity index (χ2n) is 1.96. The van der Waals surface area contributed by atoms with E-state index in [-0.39, 0.29) is 0 Å². The van der Waals surface area contributed by atoms with E-state index in [2.05, 4.69) is 5.32 Å². The van der Waals surface area contributed by atoms with E-state index >= 15 is 0 Å². The lowest BCUT2D eigenvalue weighted by Crippen LogP contribution is -1.96. The third kappa shape index (κ3) is 0.633. The number of para-hydroxylation sites is 2. The lowest BCUT2D eigenvalue weighted by molar-refractivity contribution is 0.372. The van der Waals surface area contributed by atoms with Crippen LogP contribution in [-0.2, 0) is 0 Å². The van der Waals surface area contributed by atoms with Crippen LogP contribution < -0.4 is 10.1 Å². The van der Waals surface area contributed by atoms with Gasteiger partial charge in [-0.3, -0.25) is 0 Å². The third-order valence-corrected chi connectivity index (χ3v) is 1.38. The molecule has 0 aromatic heterocycles. The molecule has 0 spiro atoms. The molecule has 1 aliphatic rings. The Kier molecular flexibility index (Phi) is 0.859. The Hall–Kier alpha value is -1.18. The van der Waals surface area contributed by atoms with E-state index in [0.29, 0.717) is 6.73 Å². The summed E-state index contributed by atoms with van der Waals surface area (Å²) in [4.78, 5) is 0. The van der Waals surface area contributed by atoms with Crippen LogP contribution in [0.4, 0.5) is 5.69 Å². The summed E-state index contributed by atoms with van der Waals surface area (Å²) >= 11 is 0. The SMILES string of the molecule is c1ccc2c(c1)NCO2. The average Bonchev–Trinajstić information content (AvgIpc) is 2.33. The number of hydrogen-bond donors (Lipinski definition) is 1. The number of benzene rings is 1. The van der Waals surface area contributed by atoms with Gasteiger partial charge in [-0.05, 0) is 12.1 Å². The summed E-state index contributed by atoms with van der Waals surface area (Å²) in [6.07, 6.45) is 0. The molecule has 1 heterocycles. The Bertz CT molecular complexity index is 199. The van der Waals surface area contributed by atoms with Crippen LogP contribution in [0.5, 0.6) is 5.75 Å². The minimum Gasteiger partial charge on any atom is -0.471 e. The lowest BCUT2D eigenvalue weighted by Gasteiger charge is -1.91. The average molecular weight is 121 g/mol. The molecule has 0 amide bonds. The molecular formula is C7H7NO. The molecule has 9 heavy (non-hydrogen) atoms. The largest absolute Gasteiger partial charge is 0.471 e. The van der Waals surface area contributed by atoms with Gasteiger partial charge in [0.05, 0.1) is 5.69 Å². The van der Waals surface area contributed by atoms with E-state index < -0.39 is 0 Å². The maximum absolute atomic E-state index is 5.19. The van der Waals surface area contributed by atoms with Crippen LogP contribution in [0.1, 0.15) is 0 Å². The zero-order valence-electron chi connectivity index (χ0n) is 4.92. The van der Waals surface area contributed by atoms with Gasteiger partial charge in [0, 0.05) is 0 Å². The van der Waals surface area contributed by atoms with Crippen LogP contribution in [0.15, 0.2) is 24.3 Å². The van der Waals surface area contributed by atoms with E-state index in [4.69, 9.17) is 4.74 Å². The molecule has 2 nitrogen and oxygen atoms in total. The Morgan fingerprint density at radius 2 is 2.22 bits per heavy atom. The van der Waals surface area contributed by atoms with Gasteiger partial charge in [-0.1, -0.05) is 12.1 Å². The molecule has 0 unspecified atom stereocenters. The normalized spacial score (nSPS) is 13.8. The van der Waals surface area contributed by atoms with Crippen LogP contribution in [0.2, 0.25) is 0 Å². The quantitative estimate of drug-likeness (QED) is 0.561. The van der Waals surface area contributed by atoms with Gasteiger partial charge < -0.3 is 10.1 Å². The molecule has 1 aromatic rings. The molecule has 0 atom stereocenters. The van der Waals surface area contributed by atoms with Gasteiger partial charge in [0.25, 0.3) is 0 Å². The van der Waals surface area contributed by atoms with E-state index in [9.17, 15) is 0 Å². The molecule has 0 radical (unpaired) electrons. The van der Waals surface area contributed by atoms with Gasteiger partial charge in [0.2, 0.25) is 0 Å². The first-order chi connectivity index (χ1) is 4.47. The van der Waals surface area contributed by atoms with Crippen LogP contribution >= 0.6 is 0 Å². The smallest absolute Gasteiger partial charge is 0.159 e. The highest BCUT2D eigenvalue weighted by molar-refractivity contribution is 5.58. The van der Waals surface area contributed by atoms with E-state index in [1.165, 1.54) is 0 Å². The first kappa shape index (κ1) is 4.68. The van der Waals surface area contributed by atoms with Crippen molar-refractivity contribution < 1.29 is 4.74 Å². The van der Waals surface area contributed by atoms with E-state index in [1.54, 1.807) is 0 Å². The molecular weight excluding hydrogens is 114 g/mol. The van der Waals surface area contributed by atoms with Gasteiger partial charge in [0.1, 0.15) is 5.75 Å². The summed E-state index contributed by atoms with van der Waals surface area (Å²) in [7, 11) is 0. The highest BCUT2D eigenvalue weighted by Crippen LogP contribution is 2.27. The van der Waals surface area contributed by atoms with Crippen molar-refractivity contribution in [1.29, 1.82) is 0 Å². The molecule has 0 aliphatic carbocycles. The molecule has 0 saturated carbocycles. The molecule has 46 valence electrons. The van der Waals surface area contributed by atoms with Crippen LogP contribution in [0, 0.1) is 0 Å². The van der Waals surface area contributed by atoms with Crippen molar-refractivity contribution in [2.24, 2.45) is 0 Å². The number of fused-ring (bicyclic) bond motifs is 1. The first-order valence-corrected chi connectivity index (χ1v) is 2.92. The van der Waals surface area contributed by atoms with Crippen molar-refractivity contribution in [3.8, 4) is 5.75 Å². The Balaban J connectivity index is 2.54. The number of nitrogens with one attached hydrogen (secondary N) is 1. The fourth-order valence-electron chi connectivity index (χ4n) is 0.930. The number of anilines is 1. The number of ether oxygens (including phenoxy) is 1. The molecule has 1 aliphatic heterocycles. The van der Waals surface area contributed by atoms with Crippen molar-refractivity contribution >= 4 is 5.69 Å². The molecule has 2 heteroatoms. The summed E-state index contributed by atoms with van der Waals surface area (Å²) in [5.74, 6) is 0.956. The van der Waals surface area contributed by atoms with Gasteiger partial charge in [-0.15, -0.1) is 0 Å². The predicted molar refractivity (Wildman–Crippen MR) is 35.6 cm³/mol. The van der Waals surface area contributed by atoms with Crippen LogP contribution in [-0.4, -0.2) is 6.73 Å². The van der Waals surface area contributed by atoms with E-state index in [1.807, 2.05) is 24.3 Å². The second kappa shape index (κ2) is 1.65. The minimum atomic E-state index is 0.610. The molecule has 0 saturated heterocycles. The predicted octanol–water partition coefficient (Wildman–Crippen LogP) is 1.45. The standard InChI is InChI=1S/C7H7NO/c1-2-4-7-6(3-1)8-5-9-7/h1-4,8H,5H2. The van der Waals surface area contributed by atoms with Crippen molar-refractivity contribution in [2.75, 3.05) is 12.0 Å². The molecule has 1 N–H and O–H groups in total. The summed E-state index contributed by atoms with van der Waals surface area (Å²) < 4.78 is 5.19. The van der Waals surface area contributed by atoms with Gasteiger partial charge >= 0.3 is 0 Å². The van der Waals surface area contributed by atoms with E-state index in [0.717, 1.165) is 11.4 Å². The highest BCUT2D eigenvalue weighted by atomic mass is 16.5. The summed E-state index contributed by atoms with van der Waals surface area (Å²) in [6.45, 7) is 0.610. The van der Waals surface area contributed by atoms with Gasteiger partial charge in [-0.2, -0.15) is 0 Å². The highest BCUT2D eigenvalue weighted by Gasteiger charge is 2.06. The van der Waals surface area contributed by atoms with Crippen molar-refractivity contribution in [2.45, 2.75) is 0 Å².